The highest BCUT2D eigenvalue weighted by molar-refractivity contribution is 5.87. The number of ether oxygens (including phenoxy) is 1. The predicted molar refractivity (Wildman–Crippen MR) is 70.6 cm³/mol. The number of aryl methyl sites for hydroxylation is 1. The Kier molecular flexibility index (Phi) is 4.57. The molecule has 2 heterocycles. The Morgan fingerprint density at radius 1 is 1.55 bits per heavy atom. The molecule has 1 aromatic heterocycles. The van der Waals surface area contributed by atoms with Gasteiger partial charge < -0.3 is 15.0 Å². The lowest BCUT2D eigenvalue weighted by Crippen LogP contribution is -2.39. The van der Waals surface area contributed by atoms with E-state index in [0.29, 0.717) is 26.4 Å². The monoisotopic (exact) mass is 281 g/mol. The zero-order chi connectivity index (χ0) is 14.5. The molecule has 0 spiro atoms. The van der Waals surface area contributed by atoms with Crippen LogP contribution < -0.4 is 5.32 Å². The molecule has 1 aliphatic rings. The SMILES string of the molecule is COCCN1CN(C(=O)NCc2ccnn2C)CC1=O. The van der Waals surface area contributed by atoms with Crippen molar-refractivity contribution < 1.29 is 14.3 Å². The second-order valence-electron chi connectivity index (χ2n) is 4.59. The molecule has 0 aliphatic carbocycles. The van der Waals surface area contributed by atoms with Crippen LogP contribution in [-0.2, 0) is 23.1 Å². The van der Waals surface area contributed by atoms with E-state index in [0.717, 1.165) is 5.69 Å². The third-order valence-electron chi connectivity index (χ3n) is 3.22. The number of urea groups is 1. The van der Waals surface area contributed by atoms with Gasteiger partial charge in [-0.2, -0.15) is 5.10 Å². The van der Waals surface area contributed by atoms with Crippen LogP contribution in [0.15, 0.2) is 12.3 Å². The minimum absolute atomic E-state index is 0.0577. The summed E-state index contributed by atoms with van der Waals surface area (Å²) < 4.78 is 6.63. The van der Waals surface area contributed by atoms with E-state index >= 15 is 0 Å². The third kappa shape index (κ3) is 3.27. The maximum absolute atomic E-state index is 12.0. The molecule has 0 unspecified atom stereocenters. The second kappa shape index (κ2) is 6.38. The van der Waals surface area contributed by atoms with Gasteiger partial charge in [0.2, 0.25) is 5.91 Å². The summed E-state index contributed by atoms with van der Waals surface area (Å²) in [7, 11) is 3.40. The Morgan fingerprint density at radius 3 is 3.00 bits per heavy atom. The van der Waals surface area contributed by atoms with E-state index in [9.17, 15) is 9.59 Å². The number of methoxy groups -OCH3 is 1. The highest BCUT2D eigenvalue weighted by Crippen LogP contribution is 2.07. The lowest BCUT2D eigenvalue weighted by molar-refractivity contribution is -0.127. The lowest BCUT2D eigenvalue weighted by atomic mass is 10.4. The van der Waals surface area contributed by atoms with Crippen LogP contribution in [0.1, 0.15) is 5.69 Å². The largest absolute Gasteiger partial charge is 0.383 e. The average molecular weight is 281 g/mol. The van der Waals surface area contributed by atoms with E-state index < -0.39 is 0 Å². The lowest BCUT2D eigenvalue weighted by Gasteiger charge is -2.18. The Bertz CT molecular complexity index is 487. The van der Waals surface area contributed by atoms with Crippen LogP contribution in [0.2, 0.25) is 0 Å². The van der Waals surface area contributed by atoms with Gasteiger partial charge in [0, 0.05) is 26.9 Å². The van der Waals surface area contributed by atoms with Crippen LogP contribution >= 0.6 is 0 Å². The molecule has 0 saturated carbocycles. The molecule has 1 aromatic rings. The van der Waals surface area contributed by atoms with E-state index in [2.05, 4.69) is 10.4 Å². The Morgan fingerprint density at radius 2 is 2.35 bits per heavy atom. The first kappa shape index (κ1) is 14.3. The second-order valence-corrected chi connectivity index (χ2v) is 4.59. The van der Waals surface area contributed by atoms with Crippen molar-refractivity contribution in [2.45, 2.75) is 6.54 Å². The first-order chi connectivity index (χ1) is 9.61. The summed E-state index contributed by atoms with van der Waals surface area (Å²) in [6.45, 7) is 1.77. The standard InChI is InChI=1S/C12H19N5O3/c1-15-10(3-4-14-15)7-13-12(19)17-8-11(18)16(9-17)5-6-20-2/h3-4H,5-9H2,1-2H3,(H,13,19). The molecule has 3 amide bonds. The highest BCUT2D eigenvalue weighted by atomic mass is 16.5. The van der Waals surface area contributed by atoms with Crippen LogP contribution in [-0.4, -0.2) is 65.0 Å². The first-order valence-electron chi connectivity index (χ1n) is 6.38. The molecule has 20 heavy (non-hydrogen) atoms. The molecular weight excluding hydrogens is 262 g/mol. The molecule has 110 valence electrons. The summed E-state index contributed by atoms with van der Waals surface area (Å²) in [4.78, 5) is 26.8. The molecule has 8 nitrogen and oxygen atoms in total. The minimum Gasteiger partial charge on any atom is -0.383 e. The molecule has 1 fully saturated rings. The Balaban J connectivity index is 1.82. The molecule has 1 N–H and O–H groups in total. The van der Waals surface area contributed by atoms with Crippen molar-refractivity contribution in [2.24, 2.45) is 7.05 Å². The maximum atomic E-state index is 12.0. The van der Waals surface area contributed by atoms with Gasteiger partial charge in [0.25, 0.3) is 0 Å². The normalized spacial score (nSPS) is 15.0. The number of aromatic nitrogens is 2. The zero-order valence-electron chi connectivity index (χ0n) is 11.7. The van der Waals surface area contributed by atoms with Crippen molar-refractivity contribution in [3.8, 4) is 0 Å². The summed E-state index contributed by atoms with van der Waals surface area (Å²) in [5.41, 5.74) is 0.903. The van der Waals surface area contributed by atoms with E-state index in [1.165, 1.54) is 4.90 Å². The van der Waals surface area contributed by atoms with Crippen molar-refractivity contribution in [3.05, 3.63) is 18.0 Å². The number of carbonyl (C=O) groups excluding carboxylic acids is 2. The van der Waals surface area contributed by atoms with Gasteiger partial charge in [0.1, 0.15) is 6.54 Å². The van der Waals surface area contributed by atoms with Crippen LogP contribution in [0.4, 0.5) is 4.79 Å². The van der Waals surface area contributed by atoms with Crippen LogP contribution in [0.3, 0.4) is 0 Å². The summed E-state index contributed by atoms with van der Waals surface area (Å²) in [6.07, 6.45) is 1.67. The molecule has 8 heteroatoms. The minimum atomic E-state index is -0.250. The van der Waals surface area contributed by atoms with E-state index in [1.807, 2.05) is 13.1 Å². The number of carbonyl (C=O) groups is 2. The number of nitrogens with zero attached hydrogens (tertiary/aromatic N) is 4. The number of hydrogen-bond donors (Lipinski definition) is 1. The van der Waals surface area contributed by atoms with E-state index in [-0.39, 0.29) is 18.5 Å². The van der Waals surface area contributed by atoms with Gasteiger partial charge in [0.05, 0.1) is 25.5 Å². The van der Waals surface area contributed by atoms with Crippen LogP contribution in [0.25, 0.3) is 0 Å². The summed E-state index contributed by atoms with van der Waals surface area (Å²) in [5, 5.41) is 6.81. The van der Waals surface area contributed by atoms with Gasteiger partial charge in [-0.25, -0.2) is 4.79 Å². The Labute approximate surface area is 117 Å². The third-order valence-corrected chi connectivity index (χ3v) is 3.22. The van der Waals surface area contributed by atoms with Gasteiger partial charge in [-0.3, -0.25) is 14.4 Å². The van der Waals surface area contributed by atoms with E-state index in [4.69, 9.17) is 4.74 Å². The van der Waals surface area contributed by atoms with Crippen molar-refractivity contribution >= 4 is 11.9 Å². The number of nitrogens with one attached hydrogen (secondary N) is 1. The number of amides is 3. The van der Waals surface area contributed by atoms with Gasteiger partial charge in [0.15, 0.2) is 0 Å². The average Bonchev–Trinajstić information content (AvgIpc) is 3.00. The fraction of sp³-hybridized carbons (Fsp3) is 0.583. The molecule has 0 radical (unpaired) electrons. The molecule has 0 atom stereocenters. The van der Waals surface area contributed by atoms with Crippen molar-refractivity contribution in [1.82, 2.24) is 24.9 Å². The van der Waals surface area contributed by atoms with Crippen molar-refractivity contribution in [3.63, 3.8) is 0 Å². The van der Waals surface area contributed by atoms with Crippen LogP contribution in [0.5, 0.6) is 0 Å². The molecule has 2 rings (SSSR count). The van der Waals surface area contributed by atoms with Gasteiger partial charge in [-0.05, 0) is 6.07 Å². The molecular formula is C12H19N5O3. The number of rotatable bonds is 5. The summed E-state index contributed by atoms with van der Waals surface area (Å²) in [6, 6.07) is 1.58. The fourth-order valence-corrected chi connectivity index (χ4v) is 1.98. The van der Waals surface area contributed by atoms with Crippen molar-refractivity contribution in [1.29, 1.82) is 0 Å². The van der Waals surface area contributed by atoms with Crippen LogP contribution in [0, 0.1) is 0 Å². The molecule has 0 bridgehead atoms. The molecule has 1 aliphatic heterocycles. The topological polar surface area (TPSA) is 79.7 Å². The zero-order valence-corrected chi connectivity index (χ0v) is 11.7. The smallest absolute Gasteiger partial charge is 0.319 e. The van der Waals surface area contributed by atoms with Gasteiger partial charge >= 0.3 is 6.03 Å². The highest BCUT2D eigenvalue weighted by Gasteiger charge is 2.30. The molecule has 0 aromatic carbocycles. The van der Waals surface area contributed by atoms with Gasteiger partial charge in [-0.15, -0.1) is 0 Å². The molecule has 1 saturated heterocycles. The quantitative estimate of drug-likeness (QED) is 0.780. The fourth-order valence-electron chi connectivity index (χ4n) is 1.98. The maximum Gasteiger partial charge on any atom is 0.319 e. The number of hydrogen-bond acceptors (Lipinski definition) is 4. The summed E-state index contributed by atoms with van der Waals surface area (Å²) in [5.74, 6) is -0.0577. The van der Waals surface area contributed by atoms with Gasteiger partial charge in [-0.1, -0.05) is 0 Å². The van der Waals surface area contributed by atoms with E-state index in [1.54, 1.807) is 22.9 Å². The van der Waals surface area contributed by atoms with Crippen molar-refractivity contribution in [2.75, 3.05) is 33.5 Å². The predicted octanol–water partition coefficient (Wildman–Crippen LogP) is -0.622. The summed E-state index contributed by atoms with van der Waals surface area (Å²) >= 11 is 0. The first-order valence-corrected chi connectivity index (χ1v) is 6.38. The Hall–Kier alpha value is -2.09.